The van der Waals surface area contributed by atoms with E-state index in [4.69, 9.17) is 9.47 Å². The number of nitrogens with one attached hydrogen (secondary N) is 1. The molecule has 3 rings (SSSR count). The fourth-order valence-electron chi connectivity index (χ4n) is 3.13. The predicted molar refractivity (Wildman–Crippen MR) is 72.1 cm³/mol. The van der Waals surface area contributed by atoms with E-state index in [0.717, 1.165) is 45.6 Å². The van der Waals surface area contributed by atoms with E-state index in [1.54, 1.807) is 7.11 Å². The van der Waals surface area contributed by atoms with Crippen LogP contribution in [0, 0.1) is 5.92 Å². The molecule has 0 aromatic carbocycles. The summed E-state index contributed by atoms with van der Waals surface area (Å²) in [5.41, 5.74) is 2.72. The van der Waals surface area contributed by atoms with Crippen LogP contribution in [0.15, 0.2) is 6.20 Å². The van der Waals surface area contributed by atoms with Gasteiger partial charge in [-0.25, -0.2) is 0 Å². The first kappa shape index (κ1) is 13.1. The molecule has 0 radical (unpaired) electrons. The summed E-state index contributed by atoms with van der Waals surface area (Å²) in [6.07, 6.45) is 5.41. The van der Waals surface area contributed by atoms with Gasteiger partial charge in [0.05, 0.1) is 24.5 Å². The number of methoxy groups -OCH3 is 1. The molecular weight excluding hydrogens is 242 g/mol. The van der Waals surface area contributed by atoms with Crippen molar-refractivity contribution in [1.29, 1.82) is 0 Å². The van der Waals surface area contributed by atoms with Gasteiger partial charge in [0.25, 0.3) is 0 Å². The summed E-state index contributed by atoms with van der Waals surface area (Å²) >= 11 is 0. The van der Waals surface area contributed by atoms with E-state index < -0.39 is 0 Å². The lowest BCUT2D eigenvalue weighted by Crippen LogP contribution is -2.35. The number of hydrogen-bond donors (Lipinski definition) is 1. The number of aromatic nitrogens is 2. The molecule has 1 atom stereocenters. The van der Waals surface area contributed by atoms with E-state index in [1.165, 1.54) is 11.3 Å². The van der Waals surface area contributed by atoms with Gasteiger partial charge in [0.15, 0.2) is 0 Å². The highest BCUT2D eigenvalue weighted by Gasteiger charge is 2.26. The quantitative estimate of drug-likeness (QED) is 0.887. The maximum atomic E-state index is 5.43. The van der Waals surface area contributed by atoms with E-state index in [1.807, 2.05) is 6.20 Å². The summed E-state index contributed by atoms with van der Waals surface area (Å²) in [5, 5.41) is 8.13. The highest BCUT2D eigenvalue weighted by Crippen LogP contribution is 2.25. The van der Waals surface area contributed by atoms with Crippen LogP contribution in [0.3, 0.4) is 0 Å². The Kier molecular flexibility index (Phi) is 4.15. The van der Waals surface area contributed by atoms with Crippen molar-refractivity contribution < 1.29 is 9.47 Å². The normalized spacial score (nSPS) is 24.4. The van der Waals surface area contributed by atoms with E-state index in [-0.39, 0.29) is 6.04 Å². The fourth-order valence-corrected chi connectivity index (χ4v) is 3.13. The van der Waals surface area contributed by atoms with Crippen molar-refractivity contribution >= 4 is 0 Å². The van der Waals surface area contributed by atoms with Crippen molar-refractivity contribution in [3.05, 3.63) is 17.5 Å². The monoisotopic (exact) mass is 265 g/mol. The van der Waals surface area contributed by atoms with Gasteiger partial charge >= 0.3 is 0 Å². The lowest BCUT2D eigenvalue weighted by atomic mass is 9.99. The van der Waals surface area contributed by atoms with Crippen LogP contribution < -0.4 is 5.32 Å². The summed E-state index contributed by atoms with van der Waals surface area (Å²) in [6, 6.07) is 0.288. The maximum Gasteiger partial charge on any atom is 0.0732 e. The molecular formula is C14H23N3O2. The van der Waals surface area contributed by atoms with Crippen LogP contribution in [0.1, 0.15) is 30.1 Å². The molecule has 1 fully saturated rings. The lowest BCUT2D eigenvalue weighted by Gasteiger charge is -2.27. The van der Waals surface area contributed by atoms with Gasteiger partial charge in [0.1, 0.15) is 0 Å². The molecule has 0 amide bonds. The highest BCUT2D eigenvalue weighted by molar-refractivity contribution is 5.24. The zero-order chi connectivity index (χ0) is 13.1. The Labute approximate surface area is 114 Å². The number of nitrogens with zero attached hydrogens (tertiary/aromatic N) is 2. The molecule has 2 aliphatic heterocycles. The molecule has 5 nitrogen and oxygen atoms in total. The van der Waals surface area contributed by atoms with Gasteiger partial charge in [-0.2, -0.15) is 5.10 Å². The van der Waals surface area contributed by atoms with Crippen LogP contribution in [-0.2, 0) is 22.4 Å². The average molecular weight is 265 g/mol. The zero-order valence-electron chi connectivity index (χ0n) is 11.6. The molecule has 2 aliphatic rings. The Morgan fingerprint density at radius 3 is 3.11 bits per heavy atom. The number of hydrogen-bond acceptors (Lipinski definition) is 4. The van der Waals surface area contributed by atoms with Crippen molar-refractivity contribution in [3.8, 4) is 0 Å². The number of fused-ring (bicyclic) bond motifs is 1. The smallest absolute Gasteiger partial charge is 0.0732 e. The Morgan fingerprint density at radius 2 is 2.32 bits per heavy atom. The van der Waals surface area contributed by atoms with Crippen molar-refractivity contribution in [2.75, 3.05) is 33.5 Å². The van der Waals surface area contributed by atoms with Crippen LogP contribution in [0.4, 0.5) is 0 Å². The Balaban J connectivity index is 1.76. The van der Waals surface area contributed by atoms with E-state index in [9.17, 15) is 0 Å². The van der Waals surface area contributed by atoms with Crippen LogP contribution in [-0.4, -0.2) is 43.3 Å². The van der Waals surface area contributed by atoms with Gasteiger partial charge in [0, 0.05) is 33.4 Å². The third-order valence-electron chi connectivity index (χ3n) is 4.18. The molecule has 1 aromatic rings. The Bertz CT molecular complexity index is 413. The van der Waals surface area contributed by atoms with Crippen molar-refractivity contribution in [3.63, 3.8) is 0 Å². The Morgan fingerprint density at radius 1 is 1.47 bits per heavy atom. The van der Waals surface area contributed by atoms with Gasteiger partial charge in [-0.3, -0.25) is 4.68 Å². The molecule has 1 N–H and O–H groups in total. The van der Waals surface area contributed by atoms with Gasteiger partial charge in [-0.15, -0.1) is 0 Å². The minimum absolute atomic E-state index is 0.288. The first-order valence-electron chi connectivity index (χ1n) is 7.23. The Hall–Kier alpha value is -0.910. The molecule has 3 heterocycles. The third-order valence-corrected chi connectivity index (χ3v) is 4.18. The van der Waals surface area contributed by atoms with Gasteiger partial charge in [-0.05, 0) is 30.7 Å². The average Bonchev–Trinajstić information content (AvgIpc) is 2.85. The number of rotatable bonds is 4. The SMILES string of the molecule is COC[C@H]1NCCc2cnn(CC3CCOCC3)c21. The maximum absolute atomic E-state index is 5.43. The van der Waals surface area contributed by atoms with Crippen molar-refractivity contribution in [2.45, 2.75) is 31.8 Å². The van der Waals surface area contributed by atoms with E-state index in [2.05, 4.69) is 15.1 Å². The molecule has 19 heavy (non-hydrogen) atoms. The zero-order valence-corrected chi connectivity index (χ0v) is 11.6. The molecule has 1 saturated heterocycles. The van der Waals surface area contributed by atoms with Gasteiger partial charge in [0.2, 0.25) is 0 Å². The minimum atomic E-state index is 0.288. The second kappa shape index (κ2) is 6.03. The second-order valence-corrected chi connectivity index (χ2v) is 5.50. The summed E-state index contributed by atoms with van der Waals surface area (Å²) < 4.78 is 13.0. The molecule has 0 aliphatic carbocycles. The predicted octanol–water partition coefficient (Wildman–Crippen LogP) is 1.14. The third kappa shape index (κ3) is 2.83. The summed E-state index contributed by atoms with van der Waals surface area (Å²) in [4.78, 5) is 0. The molecule has 106 valence electrons. The van der Waals surface area contributed by atoms with Crippen LogP contribution in [0.25, 0.3) is 0 Å². The molecule has 1 aromatic heterocycles. The summed E-state index contributed by atoms with van der Waals surface area (Å²) in [7, 11) is 1.76. The first-order valence-corrected chi connectivity index (χ1v) is 7.23. The molecule has 0 unspecified atom stereocenters. The fraction of sp³-hybridized carbons (Fsp3) is 0.786. The highest BCUT2D eigenvalue weighted by atomic mass is 16.5. The first-order chi connectivity index (χ1) is 9.38. The lowest BCUT2D eigenvalue weighted by molar-refractivity contribution is 0.0593. The van der Waals surface area contributed by atoms with Gasteiger partial charge < -0.3 is 14.8 Å². The van der Waals surface area contributed by atoms with Gasteiger partial charge in [-0.1, -0.05) is 0 Å². The number of ether oxygens (including phenoxy) is 2. The van der Waals surface area contributed by atoms with Crippen molar-refractivity contribution in [1.82, 2.24) is 15.1 Å². The van der Waals surface area contributed by atoms with Crippen molar-refractivity contribution in [2.24, 2.45) is 5.92 Å². The second-order valence-electron chi connectivity index (χ2n) is 5.50. The molecule has 5 heteroatoms. The summed E-state index contributed by atoms with van der Waals surface area (Å²) in [6.45, 7) is 4.54. The standard InChI is InChI=1S/C14H23N3O2/c1-18-10-13-14-12(2-5-15-13)8-16-17(14)9-11-3-6-19-7-4-11/h8,11,13,15H,2-7,9-10H2,1H3/t13-/m1/s1. The van der Waals surface area contributed by atoms with Crippen LogP contribution in [0.2, 0.25) is 0 Å². The molecule has 0 saturated carbocycles. The van der Waals surface area contributed by atoms with E-state index in [0.29, 0.717) is 12.5 Å². The molecule has 0 bridgehead atoms. The van der Waals surface area contributed by atoms with E-state index >= 15 is 0 Å². The minimum Gasteiger partial charge on any atom is -0.383 e. The molecule has 0 spiro atoms. The topological polar surface area (TPSA) is 48.3 Å². The summed E-state index contributed by atoms with van der Waals surface area (Å²) in [5.74, 6) is 0.697. The largest absolute Gasteiger partial charge is 0.383 e. The van der Waals surface area contributed by atoms with Crippen LogP contribution in [0.5, 0.6) is 0 Å². The van der Waals surface area contributed by atoms with Crippen LogP contribution >= 0.6 is 0 Å².